The van der Waals surface area contributed by atoms with E-state index >= 15 is 0 Å². The summed E-state index contributed by atoms with van der Waals surface area (Å²) in [7, 11) is 1.60. The fourth-order valence-corrected chi connectivity index (χ4v) is 5.13. The second kappa shape index (κ2) is 13.1. The van der Waals surface area contributed by atoms with Crippen molar-refractivity contribution in [3.8, 4) is 5.75 Å². The van der Waals surface area contributed by atoms with Crippen molar-refractivity contribution in [2.75, 3.05) is 20.2 Å². The fourth-order valence-electron chi connectivity index (χ4n) is 5.00. The van der Waals surface area contributed by atoms with E-state index in [0.717, 1.165) is 22.4 Å². The lowest BCUT2D eigenvalue weighted by Gasteiger charge is -2.44. The Morgan fingerprint density at radius 2 is 1.59 bits per heavy atom. The predicted octanol–water partition coefficient (Wildman–Crippen LogP) is 5.40. The second-order valence-electron chi connectivity index (χ2n) is 10.2. The van der Waals surface area contributed by atoms with Crippen LogP contribution in [0.1, 0.15) is 43.0 Å². The maximum Gasteiger partial charge on any atom is 0.225 e. The van der Waals surface area contributed by atoms with Gasteiger partial charge in [-0.2, -0.15) is 0 Å². The van der Waals surface area contributed by atoms with Crippen molar-refractivity contribution in [3.05, 3.63) is 100 Å². The molecule has 0 spiro atoms. The molecule has 1 N–H and O–H groups in total. The number of ether oxygens (including phenoxy) is 1. The quantitative estimate of drug-likeness (QED) is 0.387. The van der Waals surface area contributed by atoms with Crippen LogP contribution in [0, 0.1) is 5.82 Å². The minimum atomic E-state index is -0.486. The highest BCUT2D eigenvalue weighted by atomic mass is 35.5. The molecule has 8 heteroatoms. The van der Waals surface area contributed by atoms with Crippen LogP contribution in [0.5, 0.6) is 5.75 Å². The number of methoxy groups -OCH3 is 1. The Morgan fingerprint density at radius 1 is 0.949 bits per heavy atom. The largest absolute Gasteiger partial charge is 0.497 e. The third kappa shape index (κ3) is 7.80. The van der Waals surface area contributed by atoms with Crippen molar-refractivity contribution in [1.82, 2.24) is 15.1 Å². The van der Waals surface area contributed by atoms with Gasteiger partial charge in [-0.15, -0.1) is 0 Å². The van der Waals surface area contributed by atoms with Gasteiger partial charge in [-0.3, -0.25) is 14.5 Å². The first-order valence-corrected chi connectivity index (χ1v) is 13.6. The van der Waals surface area contributed by atoms with Crippen LogP contribution in [-0.2, 0) is 22.6 Å². The van der Waals surface area contributed by atoms with E-state index < -0.39 is 6.04 Å². The maximum absolute atomic E-state index is 13.6. The van der Waals surface area contributed by atoms with E-state index in [1.807, 2.05) is 48.2 Å². The van der Waals surface area contributed by atoms with E-state index in [-0.39, 0.29) is 42.6 Å². The normalized spacial score (nSPS) is 18.4. The Kier molecular flexibility index (Phi) is 9.59. The summed E-state index contributed by atoms with van der Waals surface area (Å²) in [5, 5.41) is 3.66. The van der Waals surface area contributed by atoms with Crippen molar-refractivity contribution >= 4 is 23.4 Å². The van der Waals surface area contributed by atoms with Crippen molar-refractivity contribution in [2.24, 2.45) is 0 Å². The smallest absolute Gasteiger partial charge is 0.225 e. The topological polar surface area (TPSA) is 61.9 Å². The molecule has 1 aliphatic heterocycles. The number of piperazine rings is 1. The molecule has 206 valence electrons. The minimum absolute atomic E-state index is 0.00461. The van der Waals surface area contributed by atoms with Gasteiger partial charge in [0.05, 0.1) is 26.0 Å². The summed E-state index contributed by atoms with van der Waals surface area (Å²) >= 11 is 6.10. The van der Waals surface area contributed by atoms with Crippen LogP contribution >= 0.6 is 11.6 Å². The second-order valence-corrected chi connectivity index (χ2v) is 10.6. The minimum Gasteiger partial charge on any atom is -0.497 e. The molecule has 0 aliphatic carbocycles. The summed E-state index contributed by atoms with van der Waals surface area (Å²) in [6, 6.07) is 20.8. The van der Waals surface area contributed by atoms with Crippen molar-refractivity contribution < 1.29 is 18.7 Å². The molecule has 1 fully saturated rings. The van der Waals surface area contributed by atoms with Crippen LogP contribution in [-0.4, -0.2) is 53.9 Å². The molecule has 0 aromatic heterocycles. The van der Waals surface area contributed by atoms with Crippen LogP contribution in [0.25, 0.3) is 0 Å². The number of hydrogen-bond donors (Lipinski definition) is 1. The summed E-state index contributed by atoms with van der Waals surface area (Å²) < 4.78 is 18.5. The average Bonchev–Trinajstić information content (AvgIpc) is 2.92. The molecule has 0 bridgehead atoms. The first-order valence-electron chi connectivity index (χ1n) is 13.2. The number of carbonyl (C=O) groups excluding carboxylic acids is 2. The monoisotopic (exact) mass is 551 g/mol. The van der Waals surface area contributed by atoms with Gasteiger partial charge in [0.15, 0.2) is 0 Å². The molecule has 4 rings (SSSR count). The molecule has 1 saturated heterocycles. The number of nitrogens with zero attached hydrogens (tertiary/aromatic N) is 2. The lowest BCUT2D eigenvalue weighted by atomic mass is 10.00. The van der Waals surface area contributed by atoms with Crippen LogP contribution in [0.3, 0.4) is 0 Å². The molecule has 1 aliphatic rings. The number of amides is 2. The summed E-state index contributed by atoms with van der Waals surface area (Å²) in [6.07, 6.45) is 0.336. The van der Waals surface area contributed by atoms with E-state index in [1.165, 1.54) is 12.1 Å². The van der Waals surface area contributed by atoms with Gasteiger partial charge in [0.2, 0.25) is 11.8 Å². The Morgan fingerprint density at radius 3 is 2.23 bits per heavy atom. The van der Waals surface area contributed by atoms with Gasteiger partial charge in [0, 0.05) is 36.7 Å². The first-order chi connectivity index (χ1) is 18.7. The van der Waals surface area contributed by atoms with Gasteiger partial charge in [0.25, 0.3) is 0 Å². The molecule has 6 nitrogen and oxygen atoms in total. The lowest BCUT2D eigenvalue weighted by Crippen LogP contribution is -2.58. The molecule has 3 aromatic rings. The van der Waals surface area contributed by atoms with Crippen molar-refractivity contribution in [1.29, 1.82) is 0 Å². The molecular formula is C31H35ClFN3O3. The number of halogens is 2. The third-order valence-corrected chi connectivity index (χ3v) is 7.50. The van der Waals surface area contributed by atoms with Crippen LogP contribution < -0.4 is 10.1 Å². The summed E-state index contributed by atoms with van der Waals surface area (Å²) in [6.45, 7) is 6.13. The number of benzene rings is 3. The van der Waals surface area contributed by atoms with E-state index in [0.29, 0.717) is 24.7 Å². The molecule has 1 unspecified atom stereocenters. The fraction of sp³-hybridized carbons (Fsp3) is 0.355. The zero-order valence-corrected chi connectivity index (χ0v) is 23.3. The first kappa shape index (κ1) is 28.6. The number of rotatable bonds is 9. The van der Waals surface area contributed by atoms with E-state index in [4.69, 9.17) is 16.3 Å². The highest BCUT2D eigenvalue weighted by molar-refractivity contribution is 6.30. The Bertz CT molecular complexity index is 1250. The molecule has 2 amide bonds. The molecule has 0 radical (unpaired) electrons. The van der Waals surface area contributed by atoms with Gasteiger partial charge >= 0.3 is 0 Å². The van der Waals surface area contributed by atoms with Gasteiger partial charge in [-0.05, 0) is 66.9 Å². The number of carbonyl (C=O) groups is 2. The van der Waals surface area contributed by atoms with Crippen LogP contribution in [0.15, 0.2) is 72.8 Å². The van der Waals surface area contributed by atoms with Crippen LogP contribution in [0.2, 0.25) is 5.02 Å². The Hall–Kier alpha value is -3.42. The zero-order valence-electron chi connectivity index (χ0n) is 22.6. The SMILES string of the molecule is COc1ccc(CC(=O)NC(CC(=O)N2C[C@H](C)N(Cc3ccc(F)cc3)C[C@H]2C)c2ccc(Cl)cc2)cc1. The highest BCUT2D eigenvalue weighted by Crippen LogP contribution is 2.24. The standard InChI is InChI=1S/C31H35ClFN3O3/c1-21-19-36(22(2)18-35(21)20-24-4-12-27(33)13-5-24)31(38)17-29(25-8-10-26(32)11-9-25)34-30(37)16-23-6-14-28(39-3)15-7-23/h4-15,21-22,29H,16-20H2,1-3H3,(H,34,37)/t21-,22+,29?/m0/s1. The average molecular weight is 552 g/mol. The zero-order chi connectivity index (χ0) is 27.9. The molecule has 0 saturated carbocycles. The molecule has 3 atom stereocenters. The summed E-state index contributed by atoms with van der Waals surface area (Å²) in [4.78, 5) is 30.8. The van der Waals surface area contributed by atoms with E-state index in [1.54, 1.807) is 31.4 Å². The number of hydrogen-bond acceptors (Lipinski definition) is 4. The summed E-state index contributed by atoms with van der Waals surface area (Å²) in [5.74, 6) is 0.297. The van der Waals surface area contributed by atoms with E-state index in [2.05, 4.69) is 17.1 Å². The lowest BCUT2D eigenvalue weighted by molar-refractivity contribution is -0.138. The Balaban J connectivity index is 1.42. The number of nitrogens with one attached hydrogen (secondary N) is 1. The molecule has 39 heavy (non-hydrogen) atoms. The van der Waals surface area contributed by atoms with Crippen molar-refractivity contribution in [3.63, 3.8) is 0 Å². The molecule has 3 aromatic carbocycles. The summed E-state index contributed by atoms with van der Waals surface area (Å²) in [5.41, 5.74) is 2.72. The van der Waals surface area contributed by atoms with Gasteiger partial charge in [-0.25, -0.2) is 4.39 Å². The molecular weight excluding hydrogens is 517 g/mol. The van der Waals surface area contributed by atoms with Gasteiger partial charge in [-0.1, -0.05) is 48.0 Å². The highest BCUT2D eigenvalue weighted by Gasteiger charge is 2.33. The maximum atomic E-state index is 13.6. The Labute approximate surface area is 234 Å². The van der Waals surface area contributed by atoms with E-state index in [9.17, 15) is 14.0 Å². The third-order valence-electron chi connectivity index (χ3n) is 7.24. The van der Waals surface area contributed by atoms with Gasteiger partial charge < -0.3 is 15.0 Å². The van der Waals surface area contributed by atoms with Crippen molar-refractivity contribution in [2.45, 2.75) is 51.4 Å². The predicted molar refractivity (Wildman–Crippen MR) is 151 cm³/mol. The van der Waals surface area contributed by atoms with Crippen LogP contribution in [0.4, 0.5) is 4.39 Å². The van der Waals surface area contributed by atoms with Gasteiger partial charge in [0.1, 0.15) is 11.6 Å². The molecule has 1 heterocycles.